The van der Waals surface area contributed by atoms with Gasteiger partial charge in [-0.25, -0.2) is 18.4 Å². The first-order valence-corrected chi connectivity index (χ1v) is 7.18. The van der Waals surface area contributed by atoms with Crippen LogP contribution in [0.3, 0.4) is 0 Å². The highest BCUT2D eigenvalue weighted by molar-refractivity contribution is 5.81. The van der Waals surface area contributed by atoms with Crippen LogP contribution in [0.2, 0.25) is 0 Å². The van der Waals surface area contributed by atoms with Crippen LogP contribution < -0.4 is 0 Å². The van der Waals surface area contributed by atoms with E-state index in [0.29, 0.717) is 22.7 Å². The number of benzene rings is 1. The SMILES string of the molecule is Cc1nonc1-c1nc2ccc(F)c(F)c2n1Cc1cccnc1. The van der Waals surface area contributed by atoms with Gasteiger partial charge in [-0.3, -0.25) is 4.98 Å². The fraction of sp³-hybridized carbons (Fsp3) is 0.125. The molecule has 4 aromatic rings. The first-order chi connectivity index (χ1) is 11.6. The molecule has 0 unspecified atom stereocenters. The summed E-state index contributed by atoms with van der Waals surface area (Å²) in [6.07, 6.45) is 3.29. The van der Waals surface area contributed by atoms with Crippen molar-refractivity contribution < 1.29 is 13.4 Å². The van der Waals surface area contributed by atoms with Gasteiger partial charge in [0.15, 0.2) is 23.2 Å². The molecule has 4 rings (SSSR count). The van der Waals surface area contributed by atoms with E-state index in [1.807, 2.05) is 6.07 Å². The van der Waals surface area contributed by atoms with Gasteiger partial charge in [-0.15, -0.1) is 0 Å². The van der Waals surface area contributed by atoms with Crippen LogP contribution in [0.4, 0.5) is 8.78 Å². The number of hydrogen-bond acceptors (Lipinski definition) is 5. The minimum atomic E-state index is -0.954. The van der Waals surface area contributed by atoms with E-state index in [9.17, 15) is 8.78 Å². The topological polar surface area (TPSA) is 69.6 Å². The predicted molar refractivity (Wildman–Crippen MR) is 81.0 cm³/mol. The molecule has 0 N–H and O–H groups in total. The maximum atomic E-state index is 14.4. The Hall–Kier alpha value is -3.16. The Morgan fingerprint density at radius 2 is 2.04 bits per heavy atom. The standard InChI is InChI=1S/C16H11F2N5O/c1-9-14(22-24-21-9)16-20-12-5-4-11(17)13(18)15(12)23(16)8-10-3-2-6-19-7-10/h2-7H,8H2,1H3. The molecule has 3 aromatic heterocycles. The summed E-state index contributed by atoms with van der Waals surface area (Å²) in [5.74, 6) is -1.53. The van der Waals surface area contributed by atoms with Gasteiger partial charge in [-0.1, -0.05) is 11.2 Å². The van der Waals surface area contributed by atoms with Crippen LogP contribution in [0.5, 0.6) is 0 Å². The van der Waals surface area contributed by atoms with Crippen molar-refractivity contribution in [2.45, 2.75) is 13.5 Å². The molecule has 0 atom stereocenters. The molecule has 0 bridgehead atoms. The highest BCUT2D eigenvalue weighted by Crippen LogP contribution is 2.28. The Kier molecular flexibility index (Phi) is 3.30. The Morgan fingerprint density at radius 1 is 1.17 bits per heavy atom. The summed E-state index contributed by atoms with van der Waals surface area (Å²) in [7, 11) is 0. The van der Waals surface area contributed by atoms with Gasteiger partial charge in [0.05, 0.1) is 12.1 Å². The van der Waals surface area contributed by atoms with E-state index >= 15 is 0 Å². The predicted octanol–water partition coefficient (Wildman–Crippen LogP) is 3.12. The fourth-order valence-corrected chi connectivity index (χ4v) is 2.60. The molecular weight excluding hydrogens is 316 g/mol. The number of fused-ring (bicyclic) bond motifs is 1. The quantitative estimate of drug-likeness (QED) is 0.578. The molecule has 0 aliphatic carbocycles. The number of nitrogens with zero attached hydrogens (tertiary/aromatic N) is 5. The van der Waals surface area contributed by atoms with Crippen LogP contribution >= 0.6 is 0 Å². The van der Waals surface area contributed by atoms with E-state index in [0.717, 1.165) is 11.6 Å². The summed E-state index contributed by atoms with van der Waals surface area (Å²) in [6, 6.07) is 6.10. The molecule has 8 heteroatoms. The van der Waals surface area contributed by atoms with Gasteiger partial charge in [0.25, 0.3) is 0 Å². The van der Waals surface area contributed by atoms with Crippen molar-refractivity contribution in [3.63, 3.8) is 0 Å². The van der Waals surface area contributed by atoms with Crippen molar-refractivity contribution >= 4 is 11.0 Å². The highest BCUT2D eigenvalue weighted by Gasteiger charge is 2.22. The van der Waals surface area contributed by atoms with Crippen molar-refractivity contribution in [3.05, 3.63) is 59.6 Å². The van der Waals surface area contributed by atoms with Gasteiger partial charge in [-0.05, 0) is 35.8 Å². The summed E-state index contributed by atoms with van der Waals surface area (Å²) >= 11 is 0. The summed E-state index contributed by atoms with van der Waals surface area (Å²) in [4.78, 5) is 8.43. The number of pyridine rings is 1. The molecule has 120 valence electrons. The van der Waals surface area contributed by atoms with E-state index < -0.39 is 11.6 Å². The number of aromatic nitrogens is 5. The van der Waals surface area contributed by atoms with Crippen molar-refractivity contribution in [3.8, 4) is 11.5 Å². The lowest BCUT2D eigenvalue weighted by Crippen LogP contribution is -2.05. The summed E-state index contributed by atoms with van der Waals surface area (Å²) in [5.41, 5.74) is 2.11. The van der Waals surface area contributed by atoms with Crippen LogP contribution in [0.15, 0.2) is 41.3 Å². The maximum Gasteiger partial charge on any atom is 0.184 e. The summed E-state index contributed by atoms with van der Waals surface area (Å²) in [5, 5.41) is 7.57. The Bertz CT molecular complexity index is 1030. The first kappa shape index (κ1) is 14.4. The lowest BCUT2D eigenvalue weighted by atomic mass is 10.2. The largest absolute Gasteiger partial charge is 0.315 e. The molecule has 0 fully saturated rings. The lowest BCUT2D eigenvalue weighted by molar-refractivity contribution is 0.305. The van der Waals surface area contributed by atoms with Gasteiger partial charge in [0.2, 0.25) is 0 Å². The van der Waals surface area contributed by atoms with E-state index in [4.69, 9.17) is 4.63 Å². The maximum absolute atomic E-state index is 14.4. The molecule has 0 amide bonds. The average Bonchev–Trinajstić information content (AvgIpc) is 3.16. The number of aryl methyl sites for hydroxylation is 1. The first-order valence-electron chi connectivity index (χ1n) is 7.18. The Balaban J connectivity index is 2.00. The zero-order valence-electron chi connectivity index (χ0n) is 12.6. The molecule has 6 nitrogen and oxygen atoms in total. The van der Waals surface area contributed by atoms with Crippen molar-refractivity contribution in [2.24, 2.45) is 0 Å². The van der Waals surface area contributed by atoms with Crippen LogP contribution in [-0.2, 0) is 6.54 Å². The van der Waals surface area contributed by atoms with E-state index in [2.05, 4.69) is 20.3 Å². The van der Waals surface area contributed by atoms with Crippen molar-refractivity contribution in [1.29, 1.82) is 0 Å². The molecular formula is C16H11F2N5O. The highest BCUT2D eigenvalue weighted by atomic mass is 19.2. The van der Waals surface area contributed by atoms with E-state index in [1.54, 1.807) is 30.0 Å². The third kappa shape index (κ3) is 2.23. The molecule has 0 aliphatic heterocycles. The molecule has 0 aliphatic rings. The normalized spacial score (nSPS) is 11.3. The van der Waals surface area contributed by atoms with E-state index in [-0.39, 0.29) is 12.1 Å². The third-order valence-corrected chi connectivity index (χ3v) is 3.73. The smallest absolute Gasteiger partial charge is 0.184 e. The molecule has 24 heavy (non-hydrogen) atoms. The molecule has 0 saturated heterocycles. The van der Waals surface area contributed by atoms with Gasteiger partial charge in [0.1, 0.15) is 11.2 Å². The molecule has 1 aromatic carbocycles. The van der Waals surface area contributed by atoms with E-state index in [1.165, 1.54) is 6.07 Å². The van der Waals surface area contributed by atoms with Gasteiger partial charge in [0, 0.05) is 12.4 Å². The van der Waals surface area contributed by atoms with Crippen molar-refractivity contribution in [2.75, 3.05) is 0 Å². The minimum absolute atomic E-state index is 0.0660. The van der Waals surface area contributed by atoms with Gasteiger partial charge < -0.3 is 4.57 Å². The number of halogens is 2. The Labute approximate surface area is 134 Å². The number of rotatable bonds is 3. The summed E-state index contributed by atoms with van der Waals surface area (Å²) in [6.45, 7) is 1.96. The molecule has 3 heterocycles. The Morgan fingerprint density at radius 3 is 2.75 bits per heavy atom. The zero-order valence-corrected chi connectivity index (χ0v) is 12.6. The van der Waals surface area contributed by atoms with Crippen molar-refractivity contribution in [1.82, 2.24) is 24.8 Å². The van der Waals surface area contributed by atoms with Crippen LogP contribution in [-0.4, -0.2) is 24.8 Å². The zero-order chi connectivity index (χ0) is 16.7. The number of imidazole rings is 1. The fourth-order valence-electron chi connectivity index (χ4n) is 2.60. The summed E-state index contributed by atoms with van der Waals surface area (Å²) < 4.78 is 34.4. The van der Waals surface area contributed by atoms with Crippen LogP contribution in [0, 0.1) is 18.6 Å². The monoisotopic (exact) mass is 327 g/mol. The van der Waals surface area contributed by atoms with Crippen LogP contribution in [0.1, 0.15) is 11.3 Å². The lowest BCUT2D eigenvalue weighted by Gasteiger charge is -2.08. The molecule has 0 radical (unpaired) electrons. The second-order valence-corrected chi connectivity index (χ2v) is 5.31. The molecule has 0 saturated carbocycles. The van der Waals surface area contributed by atoms with Gasteiger partial charge >= 0.3 is 0 Å². The second-order valence-electron chi connectivity index (χ2n) is 5.31. The molecule has 0 spiro atoms. The number of hydrogen-bond donors (Lipinski definition) is 0. The van der Waals surface area contributed by atoms with Crippen LogP contribution in [0.25, 0.3) is 22.6 Å². The third-order valence-electron chi connectivity index (χ3n) is 3.73. The average molecular weight is 327 g/mol. The van der Waals surface area contributed by atoms with Gasteiger partial charge in [-0.2, -0.15) is 0 Å². The second kappa shape index (κ2) is 5.48. The minimum Gasteiger partial charge on any atom is -0.315 e.